The third-order valence-electron chi connectivity index (χ3n) is 3.32. The first-order valence-corrected chi connectivity index (χ1v) is 10.2. The van der Waals surface area contributed by atoms with Crippen LogP contribution in [0.15, 0.2) is 30.7 Å². The summed E-state index contributed by atoms with van der Waals surface area (Å²) < 4.78 is 21.9. The second kappa shape index (κ2) is 6.22. The highest BCUT2D eigenvalue weighted by Crippen LogP contribution is 2.36. The van der Waals surface area contributed by atoms with Crippen LogP contribution in [0.2, 0.25) is 13.1 Å². The molecule has 0 saturated heterocycles. The fraction of sp³-hybridized carbons (Fsp3) is 0.438. The van der Waals surface area contributed by atoms with Crippen molar-refractivity contribution in [2.45, 2.75) is 40.0 Å². The first-order chi connectivity index (χ1) is 10.2. The Labute approximate surface area is 132 Å². The Morgan fingerprint density at radius 2 is 2.00 bits per heavy atom. The van der Waals surface area contributed by atoms with Crippen molar-refractivity contribution in [2.24, 2.45) is 5.41 Å². The van der Waals surface area contributed by atoms with E-state index in [1.54, 1.807) is 23.0 Å². The van der Waals surface area contributed by atoms with Crippen molar-refractivity contribution in [1.82, 2.24) is 9.55 Å². The largest absolute Gasteiger partial charge is 0.412 e. The third kappa shape index (κ3) is 3.75. The number of rotatable bonds is 4. The molecule has 0 aliphatic carbocycles. The predicted molar refractivity (Wildman–Crippen MR) is 90.1 cm³/mol. The summed E-state index contributed by atoms with van der Waals surface area (Å²) in [5.74, 6) is -0.365. The zero-order valence-corrected chi connectivity index (χ0v) is 15.0. The number of imidazole rings is 1. The quantitative estimate of drug-likeness (QED) is 0.690. The van der Waals surface area contributed by atoms with Crippen LogP contribution in [0.25, 0.3) is 5.69 Å². The zero-order valence-electron chi connectivity index (χ0n) is 13.8. The van der Waals surface area contributed by atoms with Gasteiger partial charge in [0.25, 0.3) is 0 Å². The highest BCUT2D eigenvalue weighted by molar-refractivity contribution is 6.48. The van der Waals surface area contributed by atoms with Crippen LogP contribution in [0, 0.1) is 11.2 Å². The minimum absolute atomic E-state index is 0.0733. The molecule has 0 amide bonds. The summed E-state index contributed by atoms with van der Waals surface area (Å²) in [4.78, 5) is 4.44. The van der Waals surface area contributed by atoms with Gasteiger partial charge in [0.1, 0.15) is 5.82 Å². The van der Waals surface area contributed by atoms with Crippen LogP contribution < -0.4 is 5.73 Å². The van der Waals surface area contributed by atoms with Gasteiger partial charge in [-0.3, -0.25) is 0 Å². The summed E-state index contributed by atoms with van der Waals surface area (Å²) in [5.41, 5.74) is 7.18. The van der Waals surface area contributed by atoms with Crippen molar-refractivity contribution in [2.75, 3.05) is 5.73 Å². The SMILES string of the molecule is C[SiH](C)OC(c1cn(-c2ccc(N)cc2F)cn1)C(C)(C)C. The van der Waals surface area contributed by atoms with E-state index in [0.29, 0.717) is 11.4 Å². The molecule has 0 aliphatic heterocycles. The molecule has 2 N–H and O–H groups in total. The molecule has 0 saturated carbocycles. The number of halogens is 1. The van der Waals surface area contributed by atoms with E-state index in [2.05, 4.69) is 38.8 Å². The summed E-state index contributed by atoms with van der Waals surface area (Å²) >= 11 is 0. The highest BCUT2D eigenvalue weighted by atomic mass is 28.3. The topological polar surface area (TPSA) is 53.1 Å². The summed E-state index contributed by atoms with van der Waals surface area (Å²) in [5, 5.41) is 0. The number of nitrogens with two attached hydrogens (primary N) is 1. The van der Waals surface area contributed by atoms with Gasteiger partial charge in [-0.25, -0.2) is 9.37 Å². The van der Waals surface area contributed by atoms with Crippen molar-refractivity contribution in [3.05, 3.63) is 42.2 Å². The number of nitrogens with zero attached hydrogens (tertiary/aromatic N) is 2. The minimum Gasteiger partial charge on any atom is -0.412 e. The van der Waals surface area contributed by atoms with E-state index in [0.717, 1.165) is 5.69 Å². The summed E-state index contributed by atoms with van der Waals surface area (Å²) in [6.45, 7) is 10.6. The Bertz CT molecular complexity index is 649. The van der Waals surface area contributed by atoms with Gasteiger partial charge in [-0.1, -0.05) is 20.8 Å². The first-order valence-electron chi connectivity index (χ1n) is 7.43. The van der Waals surface area contributed by atoms with Gasteiger partial charge in [0.15, 0.2) is 9.04 Å². The second-order valence-electron chi connectivity index (χ2n) is 6.85. The monoisotopic (exact) mass is 321 g/mol. The van der Waals surface area contributed by atoms with Crippen LogP contribution in [0.4, 0.5) is 10.1 Å². The molecule has 0 spiro atoms. The fourth-order valence-corrected chi connectivity index (χ4v) is 3.42. The van der Waals surface area contributed by atoms with E-state index in [4.69, 9.17) is 10.2 Å². The number of benzene rings is 1. The lowest BCUT2D eigenvalue weighted by Gasteiger charge is -2.31. The van der Waals surface area contributed by atoms with Crippen molar-refractivity contribution < 1.29 is 8.82 Å². The molecule has 22 heavy (non-hydrogen) atoms. The Kier molecular flexibility index (Phi) is 4.72. The normalized spacial score (nSPS) is 13.6. The van der Waals surface area contributed by atoms with Crippen molar-refractivity contribution in [1.29, 1.82) is 0 Å². The number of hydrogen-bond donors (Lipinski definition) is 1. The molecular formula is C16H24FN3OSi. The number of hydrogen-bond acceptors (Lipinski definition) is 3. The fourth-order valence-electron chi connectivity index (χ4n) is 2.33. The lowest BCUT2D eigenvalue weighted by Crippen LogP contribution is -2.26. The highest BCUT2D eigenvalue weighted by Gasteiger charge is 2.30. The molecule has 0 radical (unpaired) electrons. The zero-order chi connectivity index (χ0) is 16.5. The molecular weight excluding hydrogens is 297 g/mol. The van der Waals surface area contributed by atoms with E-state index >= 15 is 0 Å². The summed E-state index contributed by atoms with van der Waals surface area (Å²) in [6.07, 6.45) is 3.35. The minimum atomic E-state index is -1.22. The average Bonchev–Trinajstić information content (AvgIpc) is 2.83. The lowest BCUT2D eigenvalue weighted by atomic mass is 9.87. The summed E-state index contributed by atoms with van der Waals surface area (Å²) in [6, 6.07) is 4.64. The molecule has 0 aliphatic rings. The molecule has 1 aromatic heterocycles. The average molecular weight is 321 g/mol. The van der Waals surface area contributed by atoms with Gasteiger partial charge in [0.2, 0.25) is 0 Å². The Balaban J connectivity index is 2.36. The molecule has 1 atom stereocenters. The van der Waals surface area contributed by atoms with Crippen molar-refractivity contribution >= 4 is 14.7 Å². The van der Waals surface area contributed by atoms with Crippen LogP contribution in [0.1, 0.15) is 32.6 Å². The molecule has 4 nitrogen and oxygen atoms in total. The van der Waals surface area contributed by atoms with Gasteiger partial charge in [0.05, 0.1) is 23.8 Å². The van der Waals surface area contributed by atoms with Gasteiger partial charge in [0, 0.05) is 11.9 Å². The molecule has 120 valence electrons. The van der Waals surface area contributed by atoms with E-state index in [-0.39, 0.29) is 17.3 Å². The Morgan fingerprint density at radius 1 is 1.32 bits per heavy atom. The van der Waals surface area contributed by atoms with Gasteiger partial charge in [-0.05, 0) is 36.7 Å². The van der Waals surface area contributed by atoms with E-state index < -0.39 is 9.04 Å². The molecule has 1 unspecified atom stereocenters. The molecule has 6 heteroatoms. The molecule has 0 bridgehead atoms. The van der Waals surface area contributed by atoms with E-state index in [9.17, 15) is 4.39 Å². The Hall–Kier alpha value is -1.66. The predicted octanol–water partition coefficient (Wildman–Crippen LogP) is 3.68. The molecule has 1 aromatic carbocycles. The number of nitrogen functional groups attached to an aromatic ring is 1. The van der Waals surface area contributed by atoms with Crippen LogP contribution in [-0.2, 0) is 4.43 Å². The standard InChI is InChI=1S/C16H24FN3OSi/c1-16(2,3)15(21-22(4)5)13-9-20(10-19-13)14-7-6-11(18)8-12(14)17/h6-10,15,22H,18H2,1-5H3. The van der Waals surface area contributed by atoms with Crippen molar-refractivity contribution in [3.63, 3.8) is 0 Å². The van der Waals surface area contributed by atoms with E-state index in [1.165, 1.54) is 6.07 Å². The smallest absolute Gasteiger partial charge is 0.171 e. The van der Waals surface area contributed by atoms with Gasteiger partial charge >= 0.3 is 0 Å². The van der Waals surface area contributed by atoms with Gasteiger partial charge in [-0.15, -0.1) is 0 Å². The van der Waals surface area contributed by atoms with Crippen LogP contribution in [-0.4, -0.2) is 18.6 Å². The maximum atomic E-state index is 14.0. The van der Waals surface area contributed by atoms with Crippen LogP contribution >= 0.6 is 0 Å². The second-order valence-corrected chi connectivity index (χ2v) is 9.22. The van der Waals surface area contributed by atoms with Crippen LogP contribution in [0.3, 0.4) is 0 Å². The van der Waals surface area contributed by atoms with Crippen molar-refractivity contribution in [3.8, 4) is 5.69 Å². The van der Waals surface area contributed by atoms with E-state index in [1.807, 2.05) is 6.20 Å². The maximum Gasteiger partial charge on any atom is 0.171 e. The third-order valence-corrected chi connectivity index (χ3v) is 4.13. The first kappa shape index (κ1) is 16.7. The lowest BCUT2D eigenvalue weighted by molar-refractivity contribution is 0.0830. The number of aromatic nitrogens is 2. The summed E-state index contributed by atoms with van der Waals surface area (Å²) in [7, 11) is -1.22. The molecule has 1 heterocycles. The number of anilines is 1. The van der Waals surface area contributed by atoms with Gasteiger partial charge in [-0.2, -0.15) is 0 Å². The maximum absolute atomic E-state index is 14.0. The van der Waals surface area contributed by atoms with Crippen LogP contribution in [0.5, 0.6) is 0 Å². The molecule has 0 fully saturated rings. The molecule has 2 rings (SSSR count). The Morgan fingerprint density at radius 3 is 2.55 bits per heavy atom. The van der Waals surface area contributed by atoms with Gasteiger partial charge < -0.3 is 14.7 Å². The molecule has 2 aromatic rings.